The molecule has 0 bridgehead atoms. The molecule has 0 amide bonds. The largest absolute Gasteiger partial charge is 0.377 e. The molecule has 0 radical (unpaired) electrons. The van der Waals surface area contributed by atoms with Gasteiger partial charge in [0.05, 0.1) is 6.10 Å². The van der Waals surface area contributed by atoms with Gasteiger partial charge in [0.1, 0.15) is 16.8 Å². The molecule has 5 heteroatoms. The Balaban J connectivity index is 1.89. The van der Waals surface area contributed by atoms with E-state index < -0.39 is 0 Å². The maximum Gasteiger partial charge on any atom is 0.134 e. The van der Waals surface area contributed by atoms with Crippen molar-refractivity contribution in [2.45, 2.75) is 39.3 Å². The van der Waals surface area contributed by atoms with Crippen LogP contribution in [0, 0.1) is 18.3 Å². The molecule has 19 heavy (non-hydrogen) atoms. The highest BCUT2D eigenvalue weighted by Gasteiger charge is 2.61. The summed E-state index contributed by atoms with van der Waals surface area (Å²) in [5.74, 6) is 2.22. The second kappa shape index (κ2) is 4.32. The highest BCUT2D eigenvalue weighted by atomic mass is 35.5. The van der Waals surface area contributed by atoms with E-state index in [1.165, 1.54) is 0 Å². The summed E-state index contributed by atoms with van der Waals surface area (Å²) in [5, 5.41) is 0.505. The number of rotatable bonds is 2. The summed E-state index contributed by atoms with van der Waals surface area (Å²) in [5.41, 5.74) is 0.154. The number of hydrogen-bond acceptors (Lipinski definition) is 4. The number of anilines is 1. The van der Waals surface area contributed by atoms with Gasteiger partial charge in [0.15, 0.2) is 0 Å². The van der Waals surface area contributed by atoms with Crippen molar-refractivity contribution in [3.63, 3.8) is 0 Å². The summed E-state index contributed by atoms with van der Waals surface area (Å²) >= 11 is 6.04. The van der Waals surface area contributed by atoms with Crippen molar-refractivity contribution < 1.29 is 4.74 Å². The molecule has 2 fully saturated rings. The molecule has 1 aliphatic heterocycles. The van der Waals surface area contributed by atoms with Gasteiger partial charge in [-0.1, -0.05) is 25.4 Å². The Morgan fingerprint density at radius 2 is 2.16 bits per heavy atom. The van der Waals surface area contributed by atoms with Crippen LogP contribution < -0.4 is 4.90 Å². The van der Waals surface area contributed by atoms with Crippen molar-refractivity contribution in [3.05, 3.63) is 17.0 Å². The van der Waals surface area contributed by atoms with Crippen molar-refractivity contribution >= 4 is 17.4 Å². The fourth-order valence-corrected chi connectivity index (χ4v) is 4.14. The molecule has 1 aliphatic carbocycles. The Hall–Kier alpha value is -0.870. The summed E-state index contributed by atoms with van der Waals surface area (Å²) in [4.78, 5) is 10.9. The van der Waals surface area contributed by atoms with Crippen LogP contribution in [0.2, 0.25) is 5.15 Å². The van der Waals surface area contributed by atoms with Gasteiger partial charge in [0, 0.05) is 37.1 Å². The molecule has 0 spiro atoms. The predicted octanol–water partition coefficient (Wildman–Crippen LogP) is 2.69. The third-order valence-corrected chi connectivity index (χ3v) is 4.80. The number of ether oxygens (including phenoxy) is 1. The molecule has 1 aromatic rings. The lowest BCUT2D eigenvalue weighted by Crippen LogP contribution is -2.66. The Labute approximate surface area is 119 Å². The number of hydrogen-bond donors (Lipinski definition) is 0. The lowest BCUT2D eigenvalue weighted by molar-refractivity contribution is -0.101. The average molecular weight is 282 g/mol. The lowest BCUT2D eigenvalue weighted by atomic mass is 9.57. The number of aromatic nitrogens is 2. The highest BCUT2D eigenvalue weighted by molar-refractivity contribution is 6.29. The maximum atomic E-state index is 6.04. The van der Waals surface area contributed by atoms with E-state index in [-0.39, 0.29) is 5.41 Å². The minimum atomic E-state index is 0.154. The van der Waals surface area contributed by atoms with Gasteiger partial charge in [-0.25, -0.2) is 9.97 Å². The molecule has 1 saturated heterocycles. The molecule has 1 aromatic heterocycles. The zero-order valence-corrected chi connectivity index (χ0v) is 12.6. The Kier molecular flexibility index (Phi) is 2.98. The van der Waals surface area contributed by atoms with Gasteiger partial charge in [-0.2, -0.15) is 0 Å². The first kappa shape index (κ1) is 13.1. The van der Waals surface area contributed by atoms with Gasteiger partial charge in [0.25, 0.3) is 0 Å². The molecular formula is C14H20ClN3O. The molecule has 3 unspecified atom stereocenters. The minimum Gasteiger partial charge on any atom is -0.377 e. The second-order valence-electron chi connectivity index (χ2n) is 6.22. The normalized spacial score (nSPS) is 31.7. The van der Waals surface area contributed by atoms with Crippen LogP contribution in [0.4, 0.5) is 5.82 Å². The average Bonchev–Trinajstić information content (AvgIpc) is 2.73. The summed E-state index contributed by atoms with van der Waals surface area (Å²) in [6, 6.07) is 2.29. The van der Waals surface area contributed by atoms with Crippen LogP contribution >= 0.6 is 11.6 Å². The summed E-state index contributed by atoms with van der Waals surface area (Å²) in [6.45, 7) is 7.30. The van der Waals surface area contributed by atoms with Gasteiger partial charge >= 0.3 is 0 Å². The van der Waals surface area contributed by atoms with E-state index in [4.69, 9.17) is 16.3 Å². The first-order valence-electron chi connectivity index (χ1n) is 6.77. The van der Waals surface area contributed by atoms with E-state index in [2.05, 4.69) is 35.8 Å². The van der Waals surface area contributed by atoms with Crippen LogP contribution in [0.1, 0.15) is 26.1 Å². The Morgan fingerprint density at radius 3 is 2.84 bits per heavy atom. The third-order valence-electron chi connectivity index (χ3n) is 4.61. The van der Waals surface area contributed by atoms with Crippen LogP contribution in [0.3, 0.4) is 0 Å². The van der Waals surface area contributed by atoms with Crippen LogP contribution in [0.15, 0.2) is 6.07 Å². The molecule has 2 heterocycles. The van der Waals surface area contributed by atoms with Crippen molar-refractivity contribution in [2.24, 2.45) is 11.3 Å². The van der Waals surface area contributed by atoms with Crippen LogP contribution in [0.5, 0.6) is 0 Å². The number of fused-ring (bicyclic) bond motifs is 1. The van der Waals surface area contributed by atoms with E-state index in [0.717, 1.165) is 18.8 Å². The van der Waals surface area contributed by atoms with Gasteiger partial charge in [0.2, 0.25) is 0 Å². The quantitative estimate of drug-likeness (QED) is 0.781. The zero-order valence-electron chi connectivity index (χ0n) is 11.9. The Bertz CT molecular complexity index is 485. The highest BCUT2D eigenvalue weighted by Crippen LogP contribution is 2.54. The standard InChI is InChI=1S/C14H20ClN3O/c1-8-16-10(15)7-11(17-8)18(4)12-9-5-6-19-13(9)14(12,2)3/h7,9,12-13H,5-6H2,1-4H3. The maximum absolute atomic E-state index is 6.04. The van der Waals surface area contributed by atoms with Crippen molar-refractivity contribution in [1.82, 2.24) is 9.97 Å². The molecule has 3 atom stereocenters. The van der Waals surface area contributed by atoms with E-state index in [1.54, 1.807) is 0 Å². The van der Waals surface area contributed by atoms with E-state index in [1.807, 2.05) is 13.0 Å². The molecule has 104 valence electrons. The molecule has 1 saturated carbocycles. The number of halogens is 1. The van der Waals surface area contributed by atoms with Crippen molar-refractivity contribution in [1.29, 1.82) is 0 Å². The fraction of sp³-hybridized carbons (Fsp3) is 0.714. The van der Waals surface area contributed by atoms with Crippen LogP contribution in [-0.2, 0) is 4.74 Å². The summed E-state index contributed by atoms with van der Waals surface area (Å²) in [6.07, 6.45) is 1.53. The summed E-state index contributed by atoms with van der Waals surface area (Å²) < 4.78 is 5.85. The van der Waals surface area contributed by atoms with Gasteiger partial charge in [-0.3, -0.25) is 0 Å². The molecule has 3 rings (SSSR count). The molecule has 2 aliphatic rings. The van der Waals surface area contributed by atoms with Crippen LogP contribution in [-0.4, -0.2) is 35.8 Å². The molecular weight excluding hydrogens is 262 g/mol. The van der Waals surface area contributed by atoms with E-state index >= 15 is 0 Å². The first-order chi connectivity index (χ1) is 8.91. The van der Waals surface area contributed by atoms with Crippen LogP contribution in [0.25, 0.3) is 0 Å². The Morgan fingerprint density at radius 1 is 1.42 bits per heavy atom. The number of nitrogens with zero attached hydrogens (tertiary/aromatic N) is 3. The molecule has 0 aromatic carbocycles. The van der Waals surface area contributed by atoms with Gasteiger partial charge in [-0.05, 0) is 13.3 Å². The van der Waals surface area contributed by atoms with E-state index in [0.29, 0.717) is 29.0 Å². The zero-order chi connectivity index (χ0) is 13.8. The van der Waals surface area contributed by atoms with Crippen molar-refractivity contribution in [2.75, 3.05) is 18.6 Å². The SMILES string of the molecule is Cc1nc(Cl)cc(N(C)C2C3CCOC3C2(C)C)n1. The monoisotopic (exact) mass is 281 g/mol. The van der Waals surface area contributed by atoms with Crippen molar-refractivity contribution in [3.8, 4) is 0 Å². The minimum absolute atomic E-state index is 0.154. The van der Waals surface area contributed by atoms with E-state index in [9.17, 15) is 0 Å². The number of aryl methyl sites for hydroxylation is 1. The third kappa shape index (κ3) is 1.93. The lowest BCUT2D eigenvalue weighted by Gasteiger charge is -2.58. The van der Waals surface area contributed by atoms with Gasteiger partial charge in [-0.15, -0.1) is 0 Å². The summed E-state index contributed by atoms with van der Waals surface area (Å²) in [7, 11) is 2.10. The first-order valence-corrected chi connectivity index (χ1v) is 7.14. The topological polar surface area (TPSA) is 38.2 Å². The van der Waals surface area contributed by atoms with Gasteiger partial charge < -0.3 is 9.64 Å². The molecule has 4 nitrogen and oxygen atoms in total. The second-order valence-corrected chi connectivity index (χ2v) is 6.60. The predicted molar refractivity (Wildman–Crippen MR) is 75.6 cm³/mol. The fourth-order valence-electron chi connectivity index (χ4n) is 3.92. The molecule has 0 N–H and O–H groups in total. The smallest absolute Gasteiger partial charge is 0.134 e.